The monoisotopic (exact) mass is 334 g/mol. The van der Waals surface area contributed by atoms with Crippen LogP contribution < -0.4 is 5.32 Å². The van der Waals surface area contributed by atoms with Gasteiger partial charge in [-0.05, 0) is 30.4 Å². The molecule has 24 heavy (non-hydrogen) atoms. The average molecular weight is 334 g/mol. The third kappa shape index (κ3) is 3.43. The van der Waals surface area contributed by atoms with Gasteiger partial charge < -0.3 is 4.74 Å². The molecule has 0 unspecified atom stereocenters. The maximum Gasteiger partial charge on any atom is 0.323 e. The van der Waals surface area contributed by atoms with Crippen LogP contribution in [-0.2, 0) is 9.53 Å². The maximum absolute atomic E-state index is 12.4. The second kappa shape index (κ2) is 6.89. The molecule has 0 amide bonds. The summed E-state index contributed by atoms with van der Waals surface area (Å²) in [5.41, 5.74) is 1.42. The van der Waals surface area contributed by atoms with E-state index in [0.717, 1.165) is 11.1 Å². The van der Waals surface area contributed by atoms with Crippen LogP contribution >= 0.6 is 0 Å². The van der Waals surface area contributed by atoms with Gasteiger partial charge in [-0.15, -0.1) is 0 Å². The summed E-state index contributed by atoms with van der Waals surface area (Å²) in [7, 11) is 0. The summed E-state index contributed by atoms with van der Waals surface area (Å²) < 4.78 is 5.17. The van der Waals surface area contributed by atoms with Crippen LogP contribution in [0.3, 0.4) is 0 Å². The van der Waals surface area contributed by atoms with Gasteiger partial charge in [0.2, 0.25) is 6.04 Å². The van der Waals surface area contributed by atoms with E-state index in [4.69, 9.17) is 4.74 Å². The number of nitrogens with one attached hydrogen (secondary N) is 1. The number of nitrogens with zero attached hydrogens (tertiary/aromatic N) is 1. The minimum atomic E-state index is -0.888. The Morgan fingerprint density at radius 2 is 1.96 bits per heavy atom. The fourth-order valence-corrected chi connectivity index (χ4v) is 3.72. The molecular weight excluding hydrogens is 308 g/mol. The van der Waals surface area contributed by atoms with Crippen LogP contribution in [0.4, 0.5) is 0 Å². The molecule has 132 valence electrons. The smallest absolute Gasteiger partial charge is 0.323 e. The number of carbonyl (C=O) groups excluding carboxylic acids is 1. The summed E-state index contributed by atoms with van der Waals surface area (Å²) in [6, 6.07) is 5.49. The molecule has 2 rings (SSSR count). The molecule has 1 heterocycles. The predicted octanol–water partition coefficient (Wildman–Crippen LogP) is 2.88. The predicted molar refractivity (Wildman–Crippen MR) is 91.2 cm³/mol. The summed E-state index contributed by atoms with van der Waals surface area (Å²) in [5.74, 6) is -0.878. The number of hydrogen-bond donors (Lipinski definition) is 1. The highest BCUT2D eigenvalue weighted by molar-refractivity contribution is 5.77. The van der Waals surface area contributed by atoms with Gasteiger partial charge in [0.1, 0.15) is 12.1 Å². The average Bonchev–Trinajstić information content (AvgIpc) is 2.88. The van der Waals surface area contributed by atoms with Crippen LogP contribution in [0.5, 0.6) is 0 Å². The first-order valence-electron chi connectivity index (χ1n) is 8.30. The Balaban J connectivity index is 2.51. The normalized spacial score (nSPS) is 27.0. The van der Waals surface area contributed by atoms with Gasteiger partial charge >= 0.3 is 5.97 Å². The van der Waals surface area contributed by atoms with Crippen LogP contribution in [0.15, 0.2) is 24.3 Å². The Hall–Kier alpha value is -1.95. The first-order valence-corrected chi connectivity index (χ1v) is 8.30. The third-order valence-electron chi connectivity index (χ3n) is 4.74. The van der Waals surface area contributed by atoms with E-state index in [1.807, 2.05) is 52.0 Å². The summed E-state index contributed by atoms with van der Waals surface area (Å²) in [5, 5.41) is 15.1. The van der Waals surface area contributed by atoms with Crippen LogP contribution in [0.2, 0.25) is 0 Å². The molecule has 0 aliphatic carbocycles. The second-order valence-corrected chi connectivity index (χ2v) is 7.40. The number of aryl methyl sites for hydroxylation is 1. The molecule has 0 aromatic heterocycles. The first kappa shape index (κ1) is 18.4. The lowest BCUT2D eigenvalue weighted by Gasteiger charge is -2.31. The van der Waals surface area contributed by atoms with Crippen molar-refractivity contribution < 1.29 is 14.5 Å². The molecule has 1 fully saturated rings. The molecule has 1 N–H and O–H groups in total. The fourth-order valence-electron chi connectivity index (χ4n) is 3.72. The Morgan fingerprint density at radius 1 is 1.33 bits per heavy atom. The molecule has 1 aliphatic rings. The van der Waals surface area contributed by atoms with Crippen molar-refractivity contribution in [2.75, 3.05) is 6.61 Å². The Labute approximate surface area is 142 Å². The highest BCUT2D eigenvalue weighted by Gasteiger charge is 2.58. The van der Waals surface area contributed by atoms with E-state index in [-0.39, 0.29) is 11.5 Å². The second-order valence-electron chi connectivity index (χ2n) is 7.40. The Bertz CT molecular complexity index is 624. The molecule has 0 spiro atoms. The molecule has 6 heteroatoms. The van der Waals surface area contributed by atoms with E-state index in [1.54, 1.807) is 6.92 Å². The van der Waals surface area contributed by atoms with E-state index < -0.39 is 35.4 Å². The van der Waals surface area contributed by atoms with Gasteiger partial charge in [-0.25, -0.2) is 0 Å². The third-order valence-corrected chi connectivity index (χ3v) is 4.74. The lowest BCUT2D eigenvalue weighted by Crippen LogP contribution is -2.45. The number of rotatable bonds is 4. The van der Waals surface area contributed by atoms with Gasteiger partial charge in [-0.1, -0.05) is 45.0 Å². The van der Waals surface area contributed by atoms with Crippen molar-refractivity contribution in [3.8, 4) is 0 Å². The van der Waals surface area contributed by atoms with Crippen molar-refractivity contribution in [3.63, 3.8) is 0 Å². The Morgan fingerprint density at radius 3 is 2.46 bits per heavy atom. The molecule has 1 saturated heterocycles. The molecule has 1 aromatic carbocycles. The SMILES string of the molecule is CCOC(=O)[C@H]1N[C@@H](c2ccccc2C)[C@H]([N+](=O)[O-])[C@H]1C(C)(C)C. The van der Waals surface area contributed by atoms with Crippen molar-refractivity contribution in [2.24, 2.45) is 11.3 Å². The molecule has 0 bridgehead atoms. The van der Waals surface area contributed by atoms with E-state index in [9.17, 15) is 14.9 Å². The maximum atomic E-state index is 12.4. The molecule has 0 saturated carbocycles. The zero-order valence-corrected chi connectivity index (χ0v) is 14.9. The van der Waals surface area contributed by atoms with Crippen molar-refractivity contribution in [1.82, 2.24) is 5.32 Å². The summed E-state index contributed by atoms with van der Waals surface area (Å²) in [4.78, 5) is 24.1. The van der Waals surface area contributed by atoms with Crippen molar-refractivity contribution >= 4 is 5.97 Å². The van der Waals surface area contributed by atoms with Crippen molar-refractivity contribution in [2.45, 2.75) is 52.7 Å². The zero-order chi connectivity index (χ0) is 18.1. The zero-order valence-electron chi connectivity index (χ0n) is 14.9. The van der Waals surface area contributed by atoms with Gasteiger partial charge in [0.15, 0.2) is 0 Å². The molecule has 4 atom stereocenters. The van der Waals surface area contributed by atoms with Crippen molar-refractivity contribution in [1.29, 1.82) is 0 Å². The van der Waals surface area contributed by atoms with Crippen LogP contribution in [0.25, 0.3) is 0 Å². The van der Waals surface area contributed by atoms with Crippen LogP contribution in [-0.4, -0.2) is 29.6 Å². The summed E-state index contributed by atoms with van der Waals surface area (Å²) >= 11 is 0. The lowest BCUT2D eigenvalue weighted by molar-refractivity contribution is -0.535. The minimum Gasteiger partial charge on any atom is -0.465 e. The van der Waals surface area contributed by atoms with E-state index in [2.05, 4.69) is 5.32 Å². The Kier molecular flexibility index (Phi) is 5.28. The van der Waals surface area contributed by atoms with Gasteiger partial charge in [0, 0.05) is 4.92 Å². The first-order chi connectivity index (χ1) is 11.2. The highest BCUT2D eigenvalue weighted by Crippen LogP contribution is 2.44. The number of esters is 1. The molecular formula is C18H26N2O4. The molecule has 6 nitrogen and oxygen atoms in total. The van der Waals surface area contributed by atoms with Crippen LogP contribution in [0.1, 0.15) is 44.9 Å². The quantitative estimate of drug-likeness (QED) is 0.520. The van der Waals surface area contributed by atoms with E-state index in [0.29, 0.717) is 0 Å². The standard InChI is InChI=1S/C18H26N2O4/c1-6-24-17(21)15-13(18(3,4)5)16(20(22)23)14(19-15)12-10-8-7-9-11(12)2/h7-10,13-16,19H,6H2,1-5H3/t13-,14-,15-,16+/m0/s1. The number of carbonyl (C=O) groups is 1. The summed E-state index contributed by atoms with van der Waals surface area (Å²) in [6.45, 7) is 9.72. The summed E-state index contributed by atoms with van der Waals surface area (Å²) in [6.07, 6.45) is 0. The minimum absolute atomic E-state index is 0.251. The van der Waals surface area contributed by atoms with E-state index in [1.165, 1.54) is 0 Å². The van der Waals surface area contributed by atoms with Gasteiger partial charge in [-0.2, -0.15) is 0 Å². The topological polar surface area (TPSA) is 81.5 Å². The van der Waals surface area contributed by atoms with Gasteiger partial charge in [-0.3, -0.25) is 20.2 Å². The number of nitro groups is 1. The van der Waals surface area contributed by atoms with Crippen LogP contribution in [0, 0.1) is 28.4 Å². The number of ether oxygens (including phenoxy) is 1. The van der Waals surface area contributed by atoms with Gasteiger partial charge in [0.05, 0.1) is 12.5 Å². The molecule has 1 aromatic rings. The largest absolute Gasteiger partial charge is 0.465 e. The van der Waals surface area contributed by atoms with Gasteiger partial charge in [0.25, 0.3) is 0 Å². The lowest BCUT2D eigenvalue weighted by atomic mass is 9.72. The molecule has 0 radical (unpaired) electrons. The molecule has 1 aliphatic heterocycles. The van der Waals surface area contributed by atoms with Crippen molar-refractivity contribution in [3.05, 3.63) is 45.5 Å². The number of benzene rings is 1. The van der Waals surface area contributed by atoms with E-state index >= 15 is 0 Å². The number of hydrogen-bond acceptors (Lipinski definition) is 5. The fraction of sp³-hybridized carbons (Fsp3) is 0.611. The highest BCUT2D eigenvalue weighted by atomic mass is 16.6.